The molecule has 0 aromatic heterocycles. The number of anilines is 2. The summed E-state index contributed by atoms with van der Waals surface area (Å²) >= 11 is 1.76. The van der Waals surface area contributed by atoms with Gasteiger partial charge in [-0.1, -0.05) is 36.0 Å². The van der Waals surface area contributed by atoms with E-state index in [1.54, 1.807) is 11.8 Å². The molecule has 2 aromatic carbocycles. The van der Waals surface area contributed by atoms with E-state index in [2.05, 4.69) is 29.2 Å². The van der Waals surface area contributed by atoms with Gasteiger partial charge >= 0.3 is 0 Å². The fourth-order valence-electron chi connectivity index (χ4n) is 2.46. The van der Waals surface area contributed by atoms with E-state index in [1.165, 1.54) is 9.79 Å². The maximum atomic E-state index is 11.0. The second-order valence-electron chi connectivity index (χ2n) is 5.07. The van der Waals surface area contributed by atoms with Crippen LogP contribution in [0.5, 0.6) is 0 Å². The molecule has 1 heterocycles. The van der Waals surface area contributed by atoms with E-state index in [4.69, 9.17) is 4.18 Å². The third kappa shape index (κ3) is 3.45. The monoisotopic (exact) mass is 335 g/mol. The average molecular weight is 335 g/mol. The van der Waals surface area contributed by atoms with Crippen LogP contribution in [0.4, 0.5) is 11.4 Å². The molecule has 0 amide bonds. The quantitative estimate of drug-likeness (QED) is 0.616. The van der Waals surface area contributed by atoms with Crippen molar-refractivity contribution < 1.29 is 12.6 Å². The summed E-state index contributed by atoms with van der Waals surface area (Å²) in [5, 5.41) is 0. The van der Waals surface area contributed by atoms with Gasteiger partial charge in [0.15, 0.2) is 0 Å². The molecule has 0 saturated heterocycles. The minimum atomic E-state index is -3.37. The second kappa shape index (κ2) is 6.32. The van der Waals surface area contributed by atoms with Crippen molar-refractivity contribution in [3.8, 4) is 0 Å². The van der Waals surface area contributed by atoms with Crippen LogP contribution in [0.3, 0.4) is 0 Å². The molecular weight excluding hydrogens is 318 g/mol. The van der Waals surface area contributed by atoms with Crippen molar-refractivity contribution in [2.45, 2.75) is 16.2 Å². The number of benzene rings is 2. The first-order valence-electron chi connectivity index (χ1n) is 7.02. The Labute approximate surface area is 135 Å². The van der Waals surface area contributed by atoms with Gasteiger partial charge in [-0.25, -0.2) is 0 Å². The molecule has 0 unspecified atom stereocenters. The van der Waals surface area contributed by atoms with Crippen LogP contribution in [-0.4, -0.2) is 27.8 Å². The van der Waals surface area contributed by atoms with Gasteiger partial charge < -0.3 is 4.90 Å². The first kappa shape index (κ1) is 15.4. The Morgan fingerprint density at radius 1 is 1.00 bits per heavy atom. The average Bonchev–Trinajstić information content (AvgIpc) is 2.49. The third-order valence-electron chi connectivity index (χ3n) is 3.36. The molecule has 0 atom stereocenters. The predicted octanol–water partition coefficient (Wildman–Crippen LogP) is 3.66. The van der Waals surface area contributed by atoms with Gasteiger partial charge in [-0.2, -0.15) is 8.42 Å². The van der Waals surface area contributed by atoms with Crippen LogP contribution in [-0.2, 0) is 14.3 Å². The van der Waals surface area contributed by atoms with Crippen LogP contribution >= 0.6 is 11.8 Å². The summed E-state index contributed by atoms with van der Waals surface area (Å²) in [5.41, 5.74) is 2.32. The Morgan fingerprint density at radius 2 is 1.55 bits per heavy atom. The van der Waals surface area contributed by atoms with Crippen molar-refractivity contribution in [1.29, 1.82) is 0 Å². The highest BCUT2D eigenvalue weighted by Gasteiger charge is 2.22. The Morgan fingerprint density at radius 3 is 2.09 bits per heavy atom. The van der Waals surface area contributed by atoms with Crippen LogP contribution in [0.25, 0.3) is 0 Å². The second-order valence-corrected chi connectivity index (χ2v) is 7.80. The summed E-state index contributed by atoms with van der Waals surface area (Å²) in [5.74, 6) is 0. The molecule has 0 N–H and O–H groups in total. The highest BCUT2D eigenvalue weighted by Crippen LogP contribution is 2.47. The van der Waals surface area contributed by atoms with Crippen LogP contribution < -0.4 is 4.90 Å². The van der Waals surface area contributed by atoms with Crippen LogP contribution in [0.1, 0.15) is 6.42 Å². The zero-order valence-corrected chi connectivity index (χ0v) is 13.9. The molecule has 4 nitrogen and oxygen atoms in total. The molecule has 0 radical (unpaired) electrons. The molecule has 1 aliphatic heterocycles. The molecule has 2 aromatic rings. The lowest BCUT2D eigenvalue weighted by Gasteiger charge is -2.32. The summed E-state index contributed by atoms with van der Waals surface area (Å²) in [6.45, 7) is 0.914. The van der Waals surface area contributed by atoms with Crippen LogP contribution in [0.15, 0.2) is 58.3 Å². The summed E-state index contributed by atoms with van der Waals surface area (Å²) in [4.78, 5) is 4.66. The molecule has 0 bridgehead atoms. The minimum Gasteiger partial charge on any atom is -0.340 e. The molecule has 3 rings (SSSR count). The Balaban J connectivity index is 1.81. The van der Waals surface area contributed by atoms with Gasteiger partial charge in [0.1, 0.15) is 0 Å². The number of nitrogens with zero attached hydrogens (tertiary/aromatic N) is 1. The molecule has 0 spiro atoms. The standard InChI is InChI=1S/C16H17NO3S2/c1-22(18,19)20-12-6-11-17-13-7-2-4-9-15(13)21-16-10-5-3-8-14(16)17/h2-5,7-10H,6,11-12H2,1H3. The van der Waals surface area contributed by atoms with E-state index in [-0.39, 0.29) is 6.61 Å². The summed E-state index contributed by atoms with van der Waals surface area (Å²) in [6, 6.07) is 16.5. The molecule has 0 saturated carbocycles. The van der Waals surface area contributed by atoms with E-state index in [9.17, 15) is 8.42 Å². The van der Waals surface area contributed by atoms with Crippen molar-refractivity contribution in [1.82, 2.24) is 0 Å². The smallest absolute Gasteiger partial charge is 0.264 e. The molecule has 116 valence electrons. The lowest BCUT2D eigenvalue weighted by Crippen LogP contribution is -2.23. The van der Waals surface area contributed by atoms with Crippen LogP contribution in [0.2, 0.25) is 0 Å². The molecule has 0 fully saturated rings. The summed E-state index contributed by atoms with van der Waals surface area (Å²) in [7, 11) is -3.37. The largest absolute Gasteiger partial charge is 0.340 e. The lowest BCUT2D eigenvalue weighted by molar-refractivity contribution is 0.317. The number of para-hydroxylation sites is 2. The number of fused-ring (bicyclic) bond motifs is 2. The fraction of sp³-hybridized carbons (Fsp3) is 0.250. The topological polar surface area (TPSA) is 46.6 Å². The van der Waals surface area contributed by atoms with Gasteiger partial charge in [-0.3, -0.25) is 4.18 Å². The summed E-state index contributed by atoms with van der Waals surface area (Å²) in [6.07, 6.45) is 1.72. The van der Waals surface area contributed by atoms with E-state index in [1.807, 2.05) is 24.3 Å². The lowest BCUT2D eigenvalue weighted by atomic mass is 10.2. The van der Waals surface area contributed by atoms with Gasteiger partial charge in [0.2, 0.25) is 0 Å². The molecule has 1 aliphatic rings. The fourth-order valence-corrected chi connectivity index (χ4v) is 3.97. The maximum absolute atomic E-state index is 11.0. The van der Waals surface area contributed by atoms with Crippen LogP contribution in [0, 0.1) is 0 Å². The van der Waals surface area contributed by atoms with Crippen molar-refractivity contribution in [2.24, 2.45) is 0 Å². The highest BCUT2D eigenvalue weighted by atomic mass is 32.2. The number of hydrogen-bond donors (Lipinski definition) is 0. The van der Waals surface area contributed by atoms with Gasteiger partial charge in [0.05, 0.1) is 24.2 Å². The van der Waals surface area contributed by atoms with Crippen molar-refractivity contribution in [3.05, 3.63) is 48.5 Å². The van der Waals surface area contributed by atoms with Crippen molar-refractivity contribution >= 4 is 33.3 Å². The highest BCUT2D eigenvalue weighted by molar-refractivity contribution is 7.99. The van der Waals surface area contributed by atoms with E-state index < -0.39 is 10.1 Å². The zero-order valence-electron chi connectivity index (χ0n) is 12.2. The third-order valence-corrected chi connectivity index (χ3v) is 5.08. The maximum Gasteiger partial charge on any atom is 0.264 e. The Hall–Kier alpha value is -1.50. The first-order chi connectivity index (χ1) is 10.5. The SMILES string of the molecule is CS(=O)(=O)OCCCN1c2ccccc2Sc2ccccc21. The molecular formula is C16H17NO3S2. The Bertz CT molecular complexity index is 729. The minimum absolute atomic E-state index is 0.201. The normalized spacial score (nSPS) is 13.6. The van der Waals surface area contributed by atoms with Crippen molar-refractivity contribution in [2.75, 3.05) is 24.3 Å². The molecule has 0 aliphatic carbocycles. The number of rotatable bonds is 5. The summed E-state index contributed by atoms with van der Waals surface area (Å²) < 4.78 is 26.9. The van der Waals surface area contributed by atoms with Crippen molar-refractivity contribution in [3.63, 3.8) is 0 Å². The predicted molar refractivity (Wildman–Crippen MR) is 89.4 cm³/mol. The molecule has 22 heavy (non-hydrogen) atoms. The van der Waals surface area contributed by atoms with Gasteiger partial charge in [0.25, 0.3) is 10.1 Å². The Kier molecular flexibility index (Phi) is 4.42. The van der Waals surface area contributed by atoms with Gasteiger partial charge in [-0.05, 0) is 30.7 Å². The first-order valence-corrected chi connectivity index (χ1v) is 9.66. The van der Waals surface area contributed by atoms with E-state index in [0.717, 1.165) is 17.6 Å². The zero-order chi connectivity index (χ0) is 15.6. The van der Waals surface area contributed by atoms with E-state index in [0.29, 0.717) is 13.0 Å². The molecule has 6 heteroatoms. The van der Waals surface area contributed by atoms with E-state index >= 15 is 0 Å². The van der Waals surface area contributed by atoms with Gasteiger partial charge in [-0.15, -0.1) is 0 Å². The van der Waals surface area contributed by atoms with Gasteiger partial charge in [0, 0.05) is 16.3 Å². The number of hydrogen-bond acceptors (Lipinski definition) is 5.